The van der Waals surface area contributed by atoms with E-state index in [0.29, 0.717) is 18.9 Å². The first kappa shape index (κ1) is 36.6. The Kier molecular flexibility index (Phi) is 12.3. The molecule has 2 aromatic heterocycles. The van der Waals surface area contributed by atoms with Crippen LogP contribution >= 0.6 is 11.3 Å². The van der Waals surface area contributed by atoms with Gasteiger partial charge < -0.3 is 21.3 Å². The molecule has 5 rings (SSSR count). The predicted octanol–water partition coefficient (Wildman–Crippen LogP) is 3.84. The molecule has 3 atom stereocenters. The smallest absolute Gasteiger partial charge is 0.251 e. The van der Waals surface area contributed by atoms with Crippen molar-refractivity contribution in [2.75, 3.05) is 23.7 Å². The van der Waals surface area contributed by atoms with Gasteiger partial charge in [0.15, 0.2) is 0 Å². The van der Waals surface area contributed by atoms with Crippen LogP contribution in [0, 0.1) is 5.92 Å². The Hall–Kier alpha value is -4.66. The number of pyridine rings is 1. The van der Waals surface area contributed by atoms with Gasteiger partial charge in [-0.1, -0.05) is 36.4 Å². The van der Waals surface area contributed by atoms with Crippen LogP contribution in [0.5, 0.6) is 0 Å². The van der Waals surface area contributed by atoms with Gasteiger partial charge in [0.2, 0.25) is 15.9 Å². The minimum atomic E-state index is -3.85. The number of sulfonamides is 1. The van der Waals surface area contributed by atoms with Crippen LogP contribution in [0.3, 0.4) is 0 Å². The molecule has 2 heterocycles. The highest BCUT2D eigenvalue weighted by molar-refractivity contribution is 7.92. The molecule has 0 aliphatic heterocycles. The first-order valence-electron chi connectivity index (χ1n) is 16.5. The highest BCUT2D eigenvalue weighted by Crippen LogP contribution is 2.28. The van der Waals surface area contributed by atoms with Crippen molar-refractivity contribution >= 4 is 44.8 Å². The number of benzene rings is 2. The first-order chi connectivity index (χ1) is 24.0. The summed E-state index contributed by atoms with van der Waals surface area (Å²) in [5.41, 5.74) is 4.37. The molecule has 4 N–H and O–H groups in total. The number of hydrogen-bond acceptors (Lipinski definition) is 9. The van der Waals surface area contributed by atoms with Crippen LogP contribution in [0.15, 0.2) is 83.9 Å². The molecule has 1 aliphatic carbocycles. The second-order valence-corrected chi connectivity index (χ2v) is 15.3. The molecule has 2 aromatic carbocycles. The lowest BCUT2D eigenvalue weighted by Gasteiger charge is -2.25. The van der Waals surface area contributed by atoms with Crippen LogP contribution in [-0.4, -0.2) is 67.5 Å². The van der Waals surface area contributed by atoms with Crippen molar-refractivity contribution in [2.45, 2.75) is 57.8 Å². The van der Waals surface area contributed by atoms with Crippen molar-refractivity contribution in [2.24, 2.45) is 5.92 Å². The summed E-state index contributed by atoms with van der Waals surface area (Å²) in [5, 5.41) is 14.1. The quantitative estimate of drug-likeness (QED) is 0.128. The summed E-state index contributed by atoms with van der Waals surface area (Å²) in [6.45, 7) is 4.51. The second-order valence-electron chi connectivity index (χ2n) is 12.7. The van der Waals surface area contributed by atoms with Gasteiger partial charge in [-0.05, 0) is 68.0 Å². The molecule has 264 valence electrons. The van der Waals surface area contributed by atoms with E-state index in [1.54, 1.807) is 43.0 Å². The third kappa shape index (κ3) is 10.7. The van der Waals surface area contributed by atoms with Crippen LogP contribution in [0.4, 0.5) is 5.69 Å². The van der Waals surface area contributed by atoms with E-state index < -0.39 is 40.0 Å². The van der Waals surface area contributed by atoms with Crippen molar-refractivity contribution in [3.8, 4) is 0 Å². The van der Waals surface area contributed by atoms with Gasteiger partial charge in [0.05, 0.1) is 41.8 Å². The number of anilines is 1. The maximum Gasteiger partial charge on any atom is 0.251 e. The molecule has 1 unspecified atom stereocenters. The van der Waals surface area contributed by atoms with Crippen molar-refractivity contribution in [3.05, 3.63) is 112 Å². The topological polar surface area (TPSA) is 162 Å². The molecule has 12 nitrogen and oxygen atoms in total. The SMILES string of the molecule is CC(NC(=O)c1cc(C(=O)N[C@H](CN[C@@H](C)C(=O)NCC2CC2)Cc2cscn2)cc(N(Cc2ccccc2)S(C)(=O)=O)c1)c1cccnc1. The highest BCUT2D eigenvalue weighted by atomic mass is 32.2. The number of nitrogens with zero attached hydrogens (tertiary/aromatic N) is 3. The summed E-state index contributed by atoms with van der Waals surface area (Å²) in [6.07, 6.45) is 7.03. The number of rotatable bonds is 17. The Morgan fingerprint density at radius 3 is 2.32 bits per heavy atom. The van der Waals surface area contributed by atoms with E-state index in [4.69, 9.17) is 0 Å². The van der Waals surface area contributed by atoms with Crippen molar-refractivity contribution in [1.82, 2.24) is 31.2 Å². The third-order valence-corrected chi connectivity index (χ3v) is 10.2. The molecule has 50 heavy (non-hydrogen) atoms. The maximum absolute atomic E-state index is 14.0. The van der Waals surface area contributed by atoms with Gasteiger partial charge in [-0.15, -0.1) is 11.3 Å². The summed E-state index contributed by atoms with van der Waals surface area (Å²) < 4.78 is 27.5. The summed E-state index contributed by atoms with van der Waals surface area (Å²) in [7, 11) is -3.85. The number of carbonyl (C=O) groups is 3. The maximum atomic E-state index is 14.0. The molecule has 0 saturated heterocycles. The van der Waals surface area contributed by atoms with Crippen LogP contribution in [0.2, 0.25) is 0 Å². The Morgan fingerprint density at radius 1 is 0.980 bits per heavy atom. The van der Waals surface area contributed by atoms with E-state index in [9.17, 15) is 22.8 Å². The molecule has 1 saturated carbocycles. The van der Waals surface area contributed by atoms with Crippen molar-refractivity contribution in [3.63, 3.8) is 0 Å². The molecule has 0 bridgehead atoms. The monoisotopic (exact) mass is 717 g/mol. The standard InChI is InChI=1S/C36H43N7O5S2/c1-24(28-10-7-13-37-19-28)41-35(45)29-14-30(16-33(15-29)43(50(3,47)48)21-27-8-5-4-6-9-27)36(46)42-31(17-32-22-49-23-40-32)20-38-25(2)34(44)39-18-26-11-12-26/h4-10,13-16,19,22-26,31,38H,11-12,17-18,20-21H2,1-3H3,(H,39,44)(H,41,45)(H,42,46)/t24?,25-,31-/m0/s1. The fourth-order valence-electron chi connectivity index (χ4n) is 5.33. The first-order valence-corrected chi connectivity index (χ1v) is 19.3. The van der Waals surface area contributed by atoms with E-state index in [1.807, 2.05) is 36.6 Å². The summed E-state index contributed by atoms with van der Waals surface area (Å²) in [4.78, 5) is 48.8. The lowest BCUT2D eigenvalue weighted by molar-refractivity contribution is -0.122. The second kappa shape index (κ2) is 16.8. The number of thiazole rings is 1. The van der Waals surface area contributed by atoms with E-state index in [-0.39, 0.29) is 35.8 Å². The molecule has 0 spiro atoms. The third-order valence-electron chi connectivity index (χ3n) is 8.43. The number of aromatic nitrogens is 2. The van der Waals surface area contributed by atoms with E-state index in [2.05, 4.69) is 31.2 Å². The Labute approximate surface area is 297 Å². The lowest BCUT2D eigenvalue weighted by atomic mass is 10.0. The highest BCUT2D eigenvalue weighted by Gasteiger charge is 2.26. The number of carbonyl (C=O) groups excluding carboxylic acids is 3. The molecule has 3 amide bonds. The zero-order chi connectivity index (χ0) is 35.7. The van der Waals surface area contributed by atoms with Crippen LogP contribution in [0.25, 0.3) is 0 Å². The van der Waals surface area contributed by atoms with Gasteiger partial charge in [-0.2, -0.15) is 0 Å². The average Bonchev–Trinajstić information content (AvgIpc) is 3.80. The zero-order valence-electron chi connectivity index (χ0n) is 28.3. The van der Waals surface area contributed by atoms with E-state index in [1.165, 1.54) is 33.8 Å². The minimum absolute atomic E-state index is 0.00500. The van der Waals surface area contributed by atoms with Gasteiger partial charge in [0.25, 0.3) is 11.8 Å². The fraction of sp³-hybridized carbons (Fsp3) is 0.361. The molecular weight excluding hydrogens is 675 g/mol. The van der Waals surface area contributed by atoms with Crippen molar-refractivity contribution in [1.29, 1.82) is 0 Å². The molecule has 1 fully saturated rings. The molecular formula is C36H43N7O5S2. The average molecular weight is 718 g/mol. The zero-order valence-corrected chi connectivity index (χ0v) is 30.0. The molecule has 0 radical (unpaired) electrons. The number of hydrogen-bond donors (Lipinski definition) is 4. The number of amides is 3. The normalized spacial score (nSPS) is 14.6. The van der Waals surface area contributed by atoms with E-state index in [0.717, 1.165) is 35.9 Å². The van der Waals surface area contributed by atoms with Gasteiger partial charge >= 0.3 is 0 Å². The van der Waals surface area contributed by atoms with Gasteiger partial charge in [-0.25, -0.2) is 13.4 Å². The van der Waals surface area contributed by atoms with Crippen LogP contribution in [-0.2, 0) is 27.8 Å². The minimum Gasteiger partial charge on any atom is -0.354 e. The fourth-order valence-corrected chi connectivity index (χ4v) is 6.77. The van der Waals surface area contributed by atoms with Gasteiger partial charge in [0.1, 0.15) is 0 Å². The van der Waals surface area contributed by atoms with Crippen molar-refractivity contribution < 1.29 is 22.8 Å². The summed E-state index contributed by atoms with van der Waals surface area (Å²) in [5.74, 6) is -0.561. The summed E-state index contributed by atoms with van der Waals surface area (Å²) in [6, 6.07) is 15.7. The Balaban J connectivity index is 1.42. The Morgan fingerprint density at radius 2 is 1.70 bits per heavy atom. The van der Waals surface area contributed by atoms with Gasteiger partial charge in [-0.3, -0.25) is 23.7 Å². The van der Waals surface area contributed by atoms with E-state index >= 15 is 0 Å². The largest absolute Gasteiger partial charge is 0.354 e. The predicted molar refractivity (Wildman–Crippen MR) is 194 cm³/mol. The molecule has 14 heteroatoms. The lowest BCUT2D eigenvalue weighted by Crippen LogP contribution is -2.49. The van der Waals surface area contributed by atoms with Crippen LogP contribution < -0.4 is 25.6 Å². The molecule has 4 aromatic rings. The summed E-state index contributed by atoms with van der Waals surface area (Å²) >= 11 is 1.44. The number of nitrogens with one attached hydrogen (secondary N) is 4. The van der Waals surface area contributed by atoms with Crippen LogP contribution in [0.1, 0.15) is 70.3 Å². The van der Waals surface area contributed by atoms with Gasteiger partial charge in [0, 0.05) is 54.5 Å². The molecule has 1 aliphatic rings. The Bertz CT molecular complexity index is 1850.